The maximum atomic E-state index is 12.3. The fourth-order valence-electron chi connectivity index (χ4n) is 3.48. The number of carbonyl (C=O) groups excluding carboxylic acids is 1. The lowest BCUT2D eigenvalue weighted by Crippen LogP contribution is -2.46. The number of nitrogens with two attached hydrogens (primary N) is 1. The molecule has 0 spiro atoms. The van der Waals surface area contributed by atoms with Crippen LogP contribution in [0.2, 0.25) is 0 Å². The monoisotopic (exact) mass is 281 g/mol. The van der Waals surface area contributed by atoms with E-state index in [0.717, 1.165) is 31.8 Å². The van der Waals surface area contributed by atoms with Crippen LogP contribution in [0.4, 0.5) is 0 Å². The minimum atomic E-state index is -0.310. The highest BCUT2D eigenvalue weighted by Crippen LogP contribution is 2.23. The average molecular weight is 281 g/mol. The summed E-state index contributed by atoms with van der Waals surface area (Å²) in [4.78, 5) is 16.9. The van der Waals surface area contributed by atoms with E-state index in [9.17, 15) is 4.79 Å². The number of rotatable bonds is 4. The lowest BCUT2D eigenvalue weighted by molar-refractivity contribution is -0.132. The molecule has 0 aromatic rings. The van der Waals surface area contributed by atoms with Crippen LogP contribution in [-0.2, 0) is 4.79 Å². The van der Waals surface area contributed by atoms with E-state index in [1.165, 1.54) is 25.9 Å². The molecule has 116 valence electrons. The number of hydrogen-bond acceptors (Lipinski definition) is 3. The van der Waals surface area contributed by atoms with Crippen LogP contribution in [0.15, 0.2) is 0 Å². The molecule has 0 saturated carbocycles. The Hall–Kier alpha value is -0.610. The summed E-state index contributed by atoms with van der Waals surface area (Å²) in [5, 5.41) is 0. The number of amides is 1. The second-order valence-corrected chi connectivity index (χ2v) is 7.18. The molecule has 2 atom stereocenters. The molecule has 2 aliphatic heterocycles. The van der Waals surface area contributed by atoms with Crippen molar-refractivity contribution >= 4 is 5.91 Å². The highest BCUT2D eigenvalue weighted by Gasteiger charge is 2.33. The van der Waals surface area contributed by atoms with Gasteiger partial charge < -0.3 is 10.6 Å². The quantitative estimate of drug-likeness (QED) is 0.853. The first-order valence-electron chi connectivity index (χ1n) is 8.25. The third-order valence-corrected chi connectivity index (χ3v) is 4.85. The van der Waals surface area contributed by atoms with E-state index in [-0.39, 0.29) is 11.9 Å². The Bertz CT molecular complexity index is 324. The van der Waals surface area contributed by atoms with Crippen LogP contribution in [0.3, 0.4) is 0 Å². The van der Waals surface area contributed by atoms with Crippen LogP contribution in [-0.4, -0.2) is 54.0 Å². The number of hydrogen-bond donors (Lipinski definition) is 1. The van der Waals surface area contributed by atoms with E-state index in [0.29, 0.717) is 12.0 Å². The van der Waals surface area contributed by atoms with Crippen LogP contribution in [0, 0.1) is 11.8 Å². The molecule has 0 aromatic heterocycles. The van der Waals surface area contributed by atoms with Crippen LogP contribution < -0.4 is 5.73 Å². The normalized spacial score (nSPS) is 27.2. The third-order valence-electron chi connectivity index (χ3n) is 4.85. The molecule has 0 radical (unpaired) electrons. The number of nitrogens with zero attached hydrogens (tertiary/aromatic N) is 2. The molecule has 2 rings (SSSR count). The smallest absolute Gasteiger partial charge is 0.239 e. The van der Waals surface area contributed by atoms with Crippen molar-refractivity contribution in [3.05, 3.63) is 0 Å². The maximum Gasteiger partial charge on any atom is 0.239 e. The van der Waals surface area contributed by atoms with Gasteiger partial charge in [0, 0.05) is 19.1 Å². The lowest BCUT2D eigenvalue weighted by atomic mass is 9.98. The van der Waals surface area contributed by atoms with Gasteiger partial charge in [-0.1, -0.05) is 20.8 Å². The minimum absolute atomic E-state index is 0.159. The van der Waals surface area contributed by atoms with E-state index >= 15 is 0 Å². The fraction of sp³-hybridized carbons (Fsp3) is 0.938. The highest BCUT2D eigenvalue weighted by molar-refractivity contribution is 5.81. The van der Waals surface area contributed by atoms with E-state index < -0.39 is 0 Å². The molecule has 2 aliphatic rings. The van der Waals surface area contributed by atoms with Gasteiger partial charge in [0.1, 0.15) is 0 Å². The Morgan fingerprint density at radius 2 is 1.85 bits per heavy atom. The van der Waals surface area contributed by atoms with Crippen LogP contribution >= 0.6 is 0 Å². The molecule has 0 bridgehead atoms. The molecule has 1 amide bonds. The lowest BCUT2D eigenvalue weighted by Gasteiger charge is -2.34. The summed E-state index contributed by atoms with van der Waals surface area (Å²) in [7, 11) is 0. The Balaban J connectivity index is 1.81. The number of carbonyl (C=O) groups is 1. The van der Waals surface area contributed by atoms with E-state index in [2.05, 4.69) is 25.7 Å². The Labute approximate surface area is 123 Å². The average Bonchev–Trinajstić information content (AvgIpc) is 2.87. The molecule has 2 saturated heterocycles. The maximum absolute atomic E-state index is 12.3. The van der Waals surface area contributed by atoms with Crippen molar-refractivity contribution in [3.63, 3.8) is 0 Å². The van der Waals surface area contributed by atoms with Crippen LogP contribution in [0.1, 0.15) is 46.5 Å². The molecular weight excluding hydrogens is 250 g/mol. The van der Waals surface area contributed by atoms with E-state index in [1.54, 1.807) is 0 Å². The highest BCUT2D eigenvalue weighted by atomic mass is 16.2. The first-order chi connectivity index (χ1) is 9.47. The van der Waals surface area contributed by atoms with Gasteiger partial charge in [0.15, 0.2) is 0 Å². The summed E-state index contributed by atoms with van der Waals surface area (Å²) in [6, 6.07) is 0.257. The summed E-state index contributed by atoms with van der Waals surface area (Å²) >= 11 is 0. The van der Waals surface area contributed by atoms with E-state index in [1.807, 2.05) is 4.90 Å². The van der Waals surface area contributed by atoms with Crippen molar-refractivity contribution < 1.29 is 4.79 Å². The molecule has 2 N–H and O–H groups in total. The second-order valence-electron chi connectivity index (χ2n) is 7.18. The molecule has 2 heterocycles. The predicted octanol–water partition coefficient (Wildman–Crippen LogP) is 1.69. The largest absolute Gasteiger partial charge is 0.340 e. The molecule has 4 heteroatoms. The summed E-state index contributed by atoms with van der Waals surface area (Å²) in [6.07, 6.45) is 4.52. The zero-order chi connectivity index (χ0) is 14.7. The molecule has 2 fully saturated rings. The molecule has 1 unspecified atom stereocenters. The molecule has 20 heavy (non-hydrogen) atoms. The topological polar surface area (TPSA) is 49.6 Å². The van der Waals surface area contributed by atoms with Gasteiger partial charge in [0.25, 0.3) is 0 Å². The fourth-order valence-corrected chi connectivity index (χ4v) is 3.48. The van der Waals surface area contributed by atoms with Crippen molar-refractivity contribution in [1.82, 2.24) is 9.80 Å². The number of piperidine rings is 1. The minimum Gasteiger partial charge on any atom is -0.340 e. The van der Waals surface area contributed by atoms with Gasteiger partial charge in [0.05, 0.1) is 6.04 Å². The second kappa shape index (κ2) is 6.90. The molecule has 4 nitrogen and oxygen atoms in total. The van der Waals surface area contributed by atoms with Gasteiger partial charge in [-0.3, -0.25) is 9.69 Å². The zero-order valence-electron chi connectivity index (χ0n) is 13.3. The van der Waals surface area contributed by atoms with Crippen LogP contribution in [0.25, 0.3) is 0 Å². The van der Waals surface area contributed by atoms with Gasteiger partial charge in [-0.15, -0.1) is 0 Å². The molecule has 0 aliphatic carbocycles. The number of likely N-dealkylation sites (tertiary alicyclic amines) is 2. The summed E-state index contributed by atoms with van der Waals surface area (Å²) in [5.41, 5.74) is 6.04. The van der Waals surface area contributed by atoms with Crippen molar-refractivity contribution in [2.75, 3.05) is 26.2 Å². The Kier molecular flexibility index (Phi) is 5.44. The predicted molar refractivity (Wildman–Crippen MR) is 82.4 cm³/mol. The van der Waals surface area contributed by atoms with E-state index in [4.69, 9.17) is 5.73 Å². The third kappa shape index (κ3) is 3.95. The Morgan fingerprint density at radius 1 is 1.20 bits per heavy atom. The zero-order valence-corrected chi connectivity index (χ0v) is 13.3. The summed E-state index contributed by atoms with van der Waals surface area (Å²) < 4.78 is 0. The first-order valence-corrected chi connectivity index (χ1v) is 8.25. The van der Waals surface area contributed by atoms with Crippen molar-refractivity contribution in [2.45, 2.75) is 58.5 Å². The van der Waals surface area contributed by atoms with Gasteiger partial charge >= 0.3 is 0 Å². The Morgan fingerprint density at radius 3 is 2.45 bits per heavy atom. The molecular formula is C16H31N3O. The van der Waals surface area contributed by atoms with Crippen LogP contribution in [0.5, 0.6) is 0 Å². The van der Waals surface area contributed by atoms with Gasteiger partial charge in [-0.2, -0.15) is 0 Å². The van der Waals surface area contributed by atoms with Gasteiger partial charge in [0.2, 0.25) is 5.91 Å². The van der Waals surface area contributed by atoms with Gasteiger partial charge in [-0.05, 0) is 50.6 Å². The first kappa shape index (κ1) is 15.8. The molecule has 0 aromatic carbocycles. The standard InChI is InChI=1S/C16H31N3O/c1-12(2)10-15(17)16(20)19-9-6-14(11-19)18-7-4-13(3)5-8-18/h12-15H,4-11,17H2,1-3H3/t14?,15-/m0/s1. The van der Waals surface area contributed by atoms with Gasteiger partial charge in [-0.25, -0.2) is 0 Å². The van der Waals surface area contributed by atoms with Crippen molar-refractivity contribution in [1.29, 1.82) is 0 Å². The summed E-state index contributed by atoms with van der Waals surface area (Å²) in [5.74, 6) is 1.51. The van der Waals surface area contributed by atoms with Crippen molar-refractivity contribution in [2.24, 2.45) is 17.6 Å². The van der Waals surface area contributed by atoms with Crippen molar-refractivity contribution in [3.8, 4) is 0 Å². The SMILES string of the molecule is CC(C)C[C@H](N)C(=O)N1CCC(N2CCC(C)CC2)C1. The summed E-state index contributed by atoms with van der Waals surface area (Å²) in [6.45, 7) is 10.8.